The van der Waals surface area contributed by atoms with E-state index in [2.05, 4.69) is 15.9 Å². The van der Waals surface area contributed by atoms with Crippen molar-refractivity contribution in [3.8, 4) is 5.75 Å². The molecule has 0 aliphatic heterocycles. The summed E-state index contributed by atoms with van der Waals surface area (Å²) in [5.41, 5.74) is 3.65. The highest BCUT2D eigenvalue weighted by atomic mass is 79.9. The van der Waals surface area contributed by atoms with E-state index in [9.17, 15) is 9.90 Å². The molecule has 0 spiro atoms. The van der Waals surface area contributed by atoms with E-state index in [1.54, 1.807) is 14.2 Å². The number of rotatable bonds is 3. The van der Waals surface area contributed by atoms with Crippen LogP contribution in [0.25, 0.3) is 0 Å². The van der Waals surface area contributed by atoms with E-state index >= 15 is 0 Å². The first-order chi connectivity index (χ1) is 8.73. The number of amides is 1. The van der Waals surface area contributed by atoms with Gasteiger partial charge in [-0.3, -0.25) is 4.79 Å². The van der Waals surface area contributed by atoms with Gasteiger partial charge in [-0.1, -0.05) is 15.9 Å². The van der Waals surface area contributed by atoms with Crippen LogP contribution in [0.2, 0.25) is 0 Å². The molecule has 1 aromatic carbocycles. The second-order valence-corrected chi connectivity index (χ2v) is 5.44. The van der Waals surface area contributed by atoms with Crippen LogP contribution in [0.3, 0.4) is 0 Å². The van der Waals surface area contributed by atoms with E-state index in [-0.39, 0.29) is 5.91 Å². The fourth-order valence-corrected chi connectivity index (χ4v) is 2.60. The van der Waals surface area contributed by atoms with Crippen molar-refractivity contribution in [2.75, 3.05) is 19.1 Å². The average Bonchev–Trinajstić information content (AvgIpc) is 2.38. The minimum Gasteiger partial charge on any atom is -0.494 e. The third-order valence-corrected chi connectivity index (χ3v) is 4.55. The van der Waals surface area contributed by atoms with E-state index in [0.717, 1.165) is 21.2 Å². The normalized spacial score (nSPS) is 12.2. The highest BCUT2D eigenvalue weighted by Gasteiger charge is 2.25. The largest absolute Gasteiger partial charge is 0.494 e. The van der Waals surface area contributed by atoms with Crippen LogP contribution in [0.15, 0.2) is 4.47 Å². The van der Waals surface area contributed by atoms with Crippen LogP contribution in [0.1, 0.15) is 23.6 Å². The van der Waals surface area contributed by atoms with Crippen molar-refractivity contribution in [2.24, 2.45) is 0 Å². The van der Waals surface area contributed by atoms with Gasteiger partial charge in [0.15, 0.2) is 0 Å². The first kappa shape index (κ1) is 16.0. The maximum Gasteiger partial charge on any atom is 0.255 e. The summed E-state index contributed by atoms with van der Waals surface area (Å²) in [7, 11) is 3.22. The Bertz CT molecular complexity index is 512. The van der Waals surface area contributed by atoms with Crippen LogP contribution >= 0.6 is 15.9 Å². The summed E-state index contributed by atoms with van der Waals surface area (Å²) >= 11 is 3.54. The second kappa shape index (κ2) is 5.92. The molecule has 0 radical (unpaired) electrons. The third kappa shape index (κ3) is 2.77. The van der Waals surface area contributed by atoms with Gasteiger partial charge in [0.2, 0.25) is 0 Å². The summed E-state index contributed by atoms with van der Waals surface area (Å²) in [6.45, 7) is 7.31. The van der Waals surface area contributed by atoms with Crippen LogP contribution in [0, 0.1) is 20.8 Å². The van der Waals surface area contributed by atoms with E-state index in [1.807, 2.05) is 20.8 Å². The molecule has 1 amide bonds. The molecule has 5 heteroatoms. The van der Waals surface area contributed by atoms with Crippen molar-refractivity contribution >= 4 is 27.5 Å². The highest BCUT2D eigenvalue weighted by molar-refractivity contribution is 9.10. The number of nitrogens with zero attached hydrogens (tertiary/aromatic N) is 1. The Morgan fingerprint density at radius 2 is 1.79 bits per heavy atom. The lowest BCUT2D eigenvalue weighted by Crippen LogP contribution is -2.35. The van der Waals surface area contributed by atoms with Gasteiger partial charge in [-0.15, -0.1) is 0 Å². The van der Waals surface area contributed by atoms with Crippen molar-refractivity contribution in [1.29, 1.82) is 0 Å². The number of benzene rings is 1. The zero-order valence-corrected chi connectivity index (χ0v) is 13.8. The van der Waals surface area contributed by atoms with Gasteiger partial charge in [0.05, 0.1) is 12.8 Å². The van der Waals surface area contributed by atoms with Gasteiger partial charge >= 0.3 is 0 Å². The zero-order chi connectivity index (χ0) is 14.9. The number of carbonyl (C=O) groups excluding carboxylic acids is 1. The Morgan fingerprint density at radius 1 is 1.26 bits per heavy atom. The maximum absolute atomic E-state index is 12.0. The predicted octanol–water partition coefficient (Wildman–Crippen LogP) is 2.73. The molecular weight excluding hydrogens is 310 g/mol. The number of hydrogen-bond donors (Lipinski definition) is 1. The molecule has 0 aliphatic rings. The summed E-state index contributed by atoms with van der Waals surface area (Å²) in [6.07, 6.45) is -1.05. The van der Waals surface area contributed by atoms with E-state index in [1.165, 1.54) is 11.8 Å². The zero-order valence-electron chi connectivity index (χ0n) is 12.2. The van der Waals surface area contributed by atoms with Crippen molar-refractivity contribution in [3.05, 3.63) is 21.2 Å². The van der Waals surface area contributed by atoms with Crippen molar-refractivity contribution in [1.82, 2.24) is 0 Å². The molecule has 0 saturated heterocycles. The van der Waals surface area contributed by atoms with Gasteiger partial charge in [-0.05, 0) is 44.4 Å². The fraction of sp³-hybridized carbons (Fsp3) is 0.500. The van der Waals surface area contributed by atoms with Crippen molar-refractivity contribution < 1.29 is 14.6 Å². The summed E-state index contributed by atoms with van der Waals surface area (Å²) in [6, 6.07) is 0. The van der Waals surface area contributed by atoms with Gasteiger partial charge in [0.1, 0.15) is 11.9 Å². The first-order valence-electron chi connectivity index (χ1n) is 6.02. The van der Waals surface area contributed by atoms with Crippen LogP contribution in [-0.2, 0) is 4.79 Å². The Hall–Kier alpha value is -1.07. The third-order valence-electron chi connectivity index (χ3n) is 3.36. The van der Waals surface area contributed by atoms with E-state index in [4.69, 9.17) is 4.74 Å². The van der Waals surface area contributed by atoms with Gasteiger partial charge in [0, 0.05) is 11.5 Å². The fourth-order valence-electron chi connectivity index (χ4n) is 2.11. The quantitative estimate of drug-likeness (QED) is 0.927. The highest BCUT2D eigenvalue weighted by Crippen LogP contribution is 2.41. The Morgan fingerprint density at radius 3 is 2.21 bits per heavy atom. The number of likely N-dealkylation sites (N-methyl/N-ethyl adjacent to an activating group) is 1. The summed E-state index contributed by atoms with van der Waals surface area (Å²) in [5.74, 6) is 0.297. The van der Waals surface area contributed by atoms with Crippen LogP contribution in [-0.4, -0.2) is 31.3 Å². The minimum atomic E-state index is -1.05. The molecule has 1 N–H and O–H groups in total. The molecule has 1 atom stereocenters. The van der Waals surface area contributed by atoms with Gasteiger partial charge in [0.25, 0.3) is 5.91 Å². The topological polar surface area (TPSA) is 49.8 Å². The number of aliphatic hydroxyl groups is 1. The Balaban J connectivity index is 3.54. The number of ether oxygens (including phenoxy) is 1. The summed E-state index contributed by atoms with van der Waals surface area (Å²) < 4.78 is 6.40. The lowest BCUT2D eigenvalue weighted by molar-refractivity contribution is -0.125. The average molecular weight is 330 g/mol. The van der Waals surface area contributed by atoms with E-state index < -0.39 is 6.10 Å². The number of carbonyl (C=O) groups is 1. The number of anilines is 1. The smallest absolute Gasteiger partial charge is 0.255 e. The van der Waals surface area contributed by atoms with Crippen LogP contribution in [0.4, 0.5) is 5.69 Å². The summed E-state index contributed by atoms with van der Waals surface area (Å²) in [5, 5.41) is 9.46. The lowest BCUT2D eigenvalue weighted by atomic mass is 10.0. The maximum atomic E-state index is 12.0. The number of aliphatic hydroxyl groups excluding tert-OH is 1. The van der Waals surface area contributed by atoms with Gasteiger partial charge < -0.3 is 14.7 Å². The molecule has 1 aromatic rings. The Labute approximate surface area is 122 Å². The standard InChI is InChI=1S/C14H20BrNO3/c1-7-8(2)13(19-6)12(9(3)11(7)15)16(5)14(18)10(4)17/h10,17H,1-6H3. The van der Waals surface area contributed by atoms with Crippen molar-refractivity contribution in [3.63, 3.8) is 0 Å². The molecule has 0 bridgehead atoms. The number of methoxy groups -OCH3 is 1. The number of hydrogen-bond acceptors (Lipinski definition) is 3. The molecule has 0 fully saturated rings. The number of halogens is 1. The Kier molecular flexibility index (Phi) is 4.98. The van der Waals surface area contributed by atoms with Crippen LogP contribution < -0.4 is 9.64 Å². The second-order valence-electron chi connectivity index (χ2n) is 4.64. The minimum absolute atomic E-state index is 0.364. The SMILES string of the molecule is COc1c(C)c(C)c(Br)c(C)c1N(C)C(=O)C(C)O. The predicted molar refractivity (Wildman–Crippen MR) is 80.0 cm³/mol. The molecular formula is C14H20BrNO3. The van der Waals surface area contributed by atoms with E-state index in [0.29, 0.717) is 11.4 Å². The van der Waals surface area contributed by atoms with Gasteiger partial charge in [-0.2, -0.15) is 0 Å². The molecule has 4 nitrogen and oxygen atoms in total. The lowest BCUT2D eigenvalue weighted by Gasteiger charge is -2.26. The van der Waals surface area contributed by atoms with Crippen LogP contribution in [0.5, 0.6) is 5.75 Å². The molecule has 1 unspecified atom stereocenters. The molecule has 0 aliphatic carbocycles. The first-order valence-corrected chi connectivity index (χ1v) is 6.82. The van der Waals surface area contributed by atoms with Crippen molar-refractivity contribution in [2.45, 2.75) is 33.8 Å². The molecule has 0 aromatic heterocycles. The van der Waals surface area contributed by atoms with Gasteiger partial charge in [-0.25, -0.2) is 0 Å². The molecule has 19 heavy (non-hydrogen) atoms. The molecule has 106 valence electrons. The molecule has 1 rings (SSSR count). The molecule has 0 saturated carbocycles. The molecule has 0 heterocycles. The monoisotopic (exact) mass is 329 g/mol. The summed E-state index contributed by atoms with van der Waals surface area (Å²) in [4.78, 5) is 13.4.